The first-order valence-electron chi connectivity index (χ1n) is 8.84. The SMILES string of the molecule is CCC/C=C/[C@H]1CC[C@H](C(=O)Oc2ccc(OCC)cc2)CC1. The molecule has 0 amide bonds. The van der Waals surface area contributed by atoms with Gasteiger partial charge in [0.2, 0.25) is 0 Å². The number of benzene rings is 1. The summed E-state index contributed by atoms with van der Waals surface area (Å²) < 4.78 is 10.9. The first-order chi connectivity index (χ1) is 11.2. The number of rotatable bonds is 7. The van der Waals surface area contributed by atoms with Gasteiger partial charge in [0.1, 0.15) is 11.5 Å². The minimum Gasteiger partial charge on any atom is -0.494 e. The molecule has 0 saturated heterocycles. The van der Waals surface area contributed by atoms with E-state index in [0.29, 0.717) is 18.3 Å². The number of ether oxygens (including phenoxy) is 2. The number of carbonyl (C=O) groups excluding carboxylic acids is 1. The fraction of sp³-hybridized carbons (Fsp3) is 0.550. The van der Waals surface area contributed by atoms with Gasteiger partial charge in [0.15, 0.2) is 0 Å². The number of hydrogen-bond acceptors (Lipinski definition) is 3. The fourth-order valence-electron chi connectivity index (χ4n) is 2.97. The van der Waals surface area contributed by atoms with Crippen molar-refractivity contribution in [2.45, 2.75) is 52.4 Å². The van der Waals surface area contributed by atoms with Crippen LogP contribution in [0.1, 0.15) is 52.4 Å². The summed E-state index contributed by atoms with van der Waals surface area (Å²) in [6.45, 7) is 4.77. The van der Waals surface area contributed by atoms with Crippen molar-refractivity contribution in [2.24, 2.45) is 11.8 Å². The zero-order valence-electron chi connectivity index (χ0n) is 14.3. The van der Waals surface area contributed by atoms with E-state index in [1.165, 1.54) is 6.42 Å². The third-order valence-corrected chi connectivity index (χ3v) is 4.32. The van der Waals surface area contributed by atoms with Crippen molar-refractivity contribution in [1.82, 2.24) is 0 Å². The molecule has 1 aliphatic carbocycles. The van der Waals surface area contributed by atoms with Crippen molar-refractivity contribution in [3.05, 3.63) is 36.4 Å². The molecule has 0 aliphatic heterocycles. The van der Waals surface area contributed by atoms with Gasteiger partial charge in [-0.15, -0.1) is 0 Å². The summed E-state index contributed by atoms with van der Waals surface area (Å²) in [5.74, 6) is 1.98. The zero-order chi connectivity index (χ0) is 16.5. The summed E-state index contributed by atoms with van der Waals surface area (Å²) in [7, 11) is 0. The van der Waals surface area contributed by atoms with Crippen LogP contribution in [0, 0.1) is 11.8 Å². The molecule has 126 valence electrons. The van der Waals surface area contributed by atoms with E-state index in [2.05, 4.69) is 19.1 Å². The maximum absolute atomic E-state index is 12.3. The maximum Gasteiger partial charge on any atom is 0.314 e. The molecule has 0 spiro atoms. The number of esters is 1. The van der Waals surface area contributed by atoms with E-state index in [0.717, 1.165) is 37.9 Å². The van der Waals surface area contributed by atoms with Crippen molar-refractivity contribution in [2.75, 3.05) is 6.61 Å². The largest absolute Gasteiger partial charge is 0.494 e. The Labute approximate surface area is 139 Å². The van der Waals surface area contributed by atoms with Crippen molar-refractivity contribution in [3.8, 4) is 11.5 Å². The molecule has 0 heterocycles. The van der Waals surface area contributed by atoms with Gasteiger partial charge in [-0.2, -0.15) is 0 Å². The number of carbonyl (C=O) groups is 1. The lowest BCUT2D eigenvalue weighted by molar-refractivity contribution is -0.140. The smallest absolute Gasteiger partial charge is 0.314 e. The molecule has 0 bridgehead atoms. The van der Waals surface area contributed by atoms with E-state index in [4.69, 9.17) is 9.47 Å². The second-order valence-corrected chi connectivity index (χ2v) is 6.15. The van der Waals surface area contributed by atoms with Crippen LogP contribution >= 0.6 is 0 Å². The van der Waals surface area contributed by atoms with Gasteiger partial charge in [0.25, 0.3) is 0 Å². The molecule has 1 saturated carbocycles. The van der Waals surface area contributed by atoms with Gasteiger partial charge in [0, 0.05) is 0 Å². The molecule has 0 atom stereocenters. The fourth-order valence-corrected chi connectivity index (χ4v) is 2.97. The van der Waals surface area contributed by atoms with E-state index in [1.807, 2.05) is 19.1 Å². The zero-order valence-corrected chi connectivity index (χ0v) is 14.3. The van der Waals surface area contributed by atoms with E-state index in [1.54, 1.807) is 12.1 Å². The molecule has 1 aromatic rings. The molecule has 0 N–H and O–H groups in total. The highest BCUT2D eigenvalue weighted by Gasteiger charge is 2.26. The quantitative estimate of drug-likeness (QED) is 0.396. The average molecular weight is 316 g/mol. The summed E-state index contributed by atoms with van der Waals surface area (Å²) in [6, 6.07) is 7.26. The van der Waals surface area contributed by atoms with Crippen LogP contribution in [-0.2, 0) is 4.79 Å². The van der Waals surface area contributed by atoms with Crippen LogP contribution in [0.4, 0.5) is 0 Å². The molecule has 2 rings (SSSR count). The Morgan fingerprint density at radius 3 is 2.35 bits per heavy atom. The first kappa shape index (κ1) is 17.6. The summed E-state index contributed by atoms with van der Waals surface area (Å²) in [4.78, 5) is 12.3. The Balaban J connectivity index is 1.78. The second kappa shape index (κ2) is 9.39. The summed E-state index contributed by atoms with van der Waals surface area (Å²) in [5.41, 5.74) is 0. The van der Waals surface area contributed by atoms with Crippen LogP contribution in [0.2, 0.25) is 0 Å². The molecule has 0 radical (unpaired) electrons. The van der Waals surface area contributed by atoms with Gasteiger partial charge in [-0.3, -0.25) is 4.79 Å². The Kier molecular flexibility index (Phi) is 7.18. The Bertz CT molecular complexity index is 496. The predicted molar refractivity (Wildman–Crippen MR) is 92.7 cm³/mol. The minimum atomic E-state index is -0.0925. The van der Waals surface area contributed by atoms with Crippen molar-refractivity contribution >= 4 is 5.97 Å². The lowest BCUT2D eigenvalue weighted by Gasteiger charge is -2.25. The monoisotopic (exact) mass is 316 g/mol. The van der Waals surface area contributed by atoms with Gasteiger partial charge in [0.05, 0.1) is 12.5 Å². The minimum absolute atomic E-state index is 0.0393. The summed E-state index contributed by atoms with van der Waals surface area (Å²) >= 11 is 0. The summed E-state index contributed by atoms with van der Waals surface area (Å²) in [6.07, 6.45) is 11.0. The van der Waals surface area contributed by atoms with Gasteiger partial charge < -0.3 is 9.47 Å². The molecule has 3 nitrogen and oxygen atoms in total. The number of hydrogen-bond donors (Lipinski definition) is 0. The molecule has 3 heteroatoms. The normalized spacial score (nSPS) is 21.3. The van der Waals surface area contributed by atoms with Crippen molar-refractivity contribution < 1.29 is 14.3 Å². The Hall–Kier alpha value is -1.77. The standard InChI is InChI=1S/C20H28O3/c1-3-5-6-7-16-8-10-17(11-9-16)20(21)23-19-14-12-18(13-15-19)22-4-2/h6-7,12-17H,3-5,8-11H2,1-2H3/b7-6+/t16-,17-. The third-order valence-electron chi connectivity index (χ3n) is 4.32. The van der Waals surface area contributed by atoms with Gasteiger partial charge in [-0.05, 0) is 69.2 Å². The lowest BCUT2D eigenvalue weighted by Crippen LogP contribution is -2.25. The predicted octanol–water partition coefficient (Wildman–Crippen LogP) is 5.15. The number of unbranched alkanes of at least 4 members (excludes halogenated alkanes) is 1. The summed E-state index contributed by atoms with van der Waals surface area (Å²) in [5, 5.41) is 0. The maximum atomic E-state index is 12.3. The molecule has 1 aromatic carbocycles. The van der Waals surface area contributed by atoms with Crippen LogP contribution in [0.3, 0.4) is 0 Å². The molecule has 0 aromatic heterocycles. The van der Waals surface area contributed by atoms with Gasteiger partial charge in [-0.1, -0.05) is 25.5 Å². The van der Waals surface area contributed by atoms with E-state index in [-0.39, 0.29) is 11.9 Å². The topological polar surface area (TPSA) is 35.5 Å². The van der Waals surface area contributed by atoms with E-state index < -0.39 is 0 Å². The second-order valence-electron chi connectivity index (χ2n) is 6.15. The first-order valence-corrected chi connectivity index (χ1v) is 8.84. The number of allylic oxidation sites excluding steroid dienone is 2. The molecule has 1 aliphatic rings. The van der Waals surface area contributed by atoms with E-state index >= 15 is 0 Å². The highest BCUT2D eigenvalue weighted by molar-refractivity contribution is 5.75. The van der Waals surface area contributed by atoms with Gasteiger partial charge >= 0.3 is 5.97 Å². The average Bonchev–Trinajstić information content (AvgIpc) is 2.58. The molecule has 1 fully saturated rings. The molecular formula is C20H28O3. The highest BCUT2D eigenvalue weighted by atomic mass is 16.5. The van der Waals surface area contributed by atoms with Crippen LogP contribution in [0.15, 0.2) is 36.4 Å². The third kappa shape index (κ3) is 5.74. The van der Waals surface area contributed by atoms with Crippen LogP contribution in [0.25, 0.3) is 0 Å². The van der Waals surface area contributed by atoms with Gasteiger partial charge in [-0.25, -0.2) is 0 Å². The van der Waals surface area contributed by atoms with Crippen molar-refractivity contribution in [1.29, 1.82) is 0 Å². The van der Waals surface area contributed by atoms with E-state index in [9.17, 15) is 4.79 Å². The van der Waals surface area contributed by atoms with Crippen LogP contribution in [-0.4, -0.2) is 12.6 Å². The Morgan fingerprint density at radius 1 is 1.09 bits per heavy atom. The highest BCUT2D eigenvalue weighted by Crippen LogP contribution is 2.31. The van der Waals surface area contributed by atoms with Crippen LogP contribution in [0.5, 0.6) is 11.5 Å². The molecule has 0 unspecified atom stereocenters. The van der Waals surface area contributed by atoms with Crippen LogP contribution < -0.4 is 9.47 Å². The van der Waals surface area contributed by atoms with Crippen molar-refractivity contribution in [3.63, 3.8) is 0 Å². The molecular weight excluding hydrogens is 288 g/mol. The lowest BCUT2D eigenvalue weighted by atomic mass is 9.82. The molecule has 23 heavy (non-hydrogen) atoms. The Morgan fingerprint density at radius 2 is 1.74 bits per heavy atom.